The molecule has 158 valence electrons. The highest BCUT2D eigenvalue weighted by atomic mass is 127. The number of benzene rings is 2. The first kappa shape index (κ1) is 23.2. The molecular formula is C20H17Br2IN2O5. The van der Waals surface area contributed by atoms with Gasteiger partial charge in [0.1, 0.15) is 0 Å². The molecule has 30 heavy (non-hydrogen) atoms. The van der Waals surface area contributed by atoms with Crippen LogP contribution in [-0.4, -0.2) is 53.4 Å². The Bertz CT molecular complexity index is 999. The Morgan fingerprint density at radius 1 is 1.13 bits per heavy atom. The molecule has 0 aliphatic carbocycles. The Morgan fingerprint density at radius 2 is 1.77 bits per heavy atom. The van der Waals surface area contributed by atoms with Gasteiger partial charge in [0.2, 0.25) is 0 Å². The second-order valence-corrected chi connectivity index (χ2v) is 9.27. The number of hydrogen-bond acceptors (Lipinski definition) is 5. The maximum atomic E-state index is 12.4. The molecule has 1 aliphatic heterocycles. The van der Waals surface area contributed by atoms with E-state index >= 15 is 0 Å². The predicted molar refractivity (Wildman–Crippen MR) is 129 cm³/mol. The number of carbonyl (C=O) groups excluding carboxylic acids is 2. The summed E-state index contributed by atoms with van der Waals surface area (Å²) in [4.78, 5) is 26.0. The van der Waals surface area contributed by atoms with E-state index in [1.54, 1.807) is 18.2 Å². The first-order valence-corrected chi connectivity index (χ1v) is 11.5. The molecule has 0 saturated carbocycles. The van der Waals surface area contributed by atoms with E-state index in [9.17, 15) is 9.59 Å². The Balaban J connectivity index is 1.89. The highest BCUT2D eigenvalue weighted by molar-refractivity contribution is 14.1. The van der Waals surface area contributed by atoms with E-state index in [-0.39, 0.29) is 38.0 Å². The first-order valence-electron chi connectivity index (χ1n) is 8.84. The number of nitrogens with one attached hydrogen (secondary N) is 1. The molecule has 7 nitrogen and oxygen atoms in total. The monoisotopic (exact) mass is 650 g/mol. The summed E-state index contributed by atoms with van der Waals surface area (Å²) in [5.74, 6) is 0.0762. The van der Waals surface area contributed by atoms with Crippen molar-refractivity contribution in [1.82, 2.24) is 4.90 Å². The van der Waals surface area contributed by atoms with Gasteiger partial charge in [-0.05, 0) is 96.4 Å². The summed E-state index contributed by atoms with van der Waals surface area (Å²) in [6.45, 7) is -0.392. The van der Waals surface area contributed by atoms with Crippen molar-refractivity contribution < 1.29 is 24.5 Å². The van der Waals surface area contributed by atoms with Crippen LogP contribution in [0.5, 0.6) is 5.75 Å². The molecule has 0 bridgehead atoms. The van der Waals surface area contributed by atoms with Crippen molar-refractivity contribution in [1.29, 1.82) is 0 Å². The van der Waals surface area contributed by atoms with Gasteiger partial charge in [0, 0.05) is 33.5 Å². The molecule has 2 aromatic carbocycles. The Labute approximate surface area is 203 Å². The number of aliphatic hydroxyl groups excluding tert-OH is 2. The second kappa shape index (κ2) is 10.2. The normalized spacial score (nSPS) is 13.9. The molecule has 0 fully saturated rings. The molecule has 3 N–H and O–H groups in total. The van der Waals surface area contributed by atoms with Gasteiger partial charge in [-0.2, -0.15) is 0 Å². The average molecular weight is 652 g/mol. The number of nitrogens with zero attached hydrogens (tertiary/aromatic N) is 1. The van der Waals surface area contributed by atoms with Crippen LogP contribution in [0.15, 0.2) is 39.3 Å². The van der Waals surface area contributed by atoms with Crippen molar-refractivity contribution in [3.63, 3.8) is 0 Å². The molecule has 0 spiro atoms. The van der Waals surface area contributed by atoms with Crippen molar-refractivity contribution in [3.8, 4) is 5.75 Å². The first-order chi connectivity index (χ1) is 14.3. The third kappa shape index (κ3) is 5.22. The van der Waals surface area contributed by atoms with Crippen LogP contribution in [0, 0.1) is 3.57 Å². The van der Waals surface area contributed by atoms with E-state index in [0.717, 1.165) is 20.4 Å². The maximum Gasteiger partial charge on any atom is 0.415 e. The van der Waals surface area contributed by atoms with Crippen LogP contribution in [0.3, 0.4) is 0 Å². The zero-order chi connectivity index (χ0) is 21.8. The van der Waals surface area contributed by atoms with Gasteiger partial charge in [0.05, 0.1) is 22.2 Å². The summed E-state index contributed by atoms with van der Waals surface area (Å²) in [6.07, 6.45) is 1.08. The number of hydrogen-bond donors (Lipinski definition) is 3. The van der Waals surface area contributed by atoms with Crippen LogP contribution < -0.4 is 10.1 Å². The van der Waals surface area contributed by atoms with E-state index in [4.69, 9.17) is 14.9 Å². The standard InChI is InChI=1S/C20H17Br2IN2O5/c21-15-8-11(7-14-13-10-12(23)1-2-17(13)24-19(14)28)9-16(22)18(15)30-20(29)25(3-5-26)4-6-27/h1-2,7-10,26-27H,3-6H2,(H,24,28). The summed E-state index contributed by atoms with van der Waals surface area (Å²) in [5, 5.41) is 21.0. The van der Waals surface area contributed by atoms with Gasteiger partial charge in [-0.3, -0.25) is 4.79 Å². The molecule has 2 amide bonds. The summed E-state index contributed by atoms with van der Waals surface area (Å²) in [6, 6.07) is 9.21. The molecule has 1 aliphatic rings. The van der Waals surface area contributed by atoms with E-state index in [1.165, 1.54) is 4.90 Å². The van der Waals surface area contributed by atoms with E-state index in [0.29, 0.717) is 14.5 Å². The lowest BCUT2D eigenvalue weighted by Gasteiger charge is -2.20. The minimum Gasteiger partial charge on any atom is -0.408 e. The fourth-order valence-corrected chi connectivity index (χ4v) is 4.79. The molecule has 2 aromatic rings. The van der Waals surface area contributed by atoms with Crippen molar-refractivity contribution in [3.05, 3.63) is 54.0 Å². The lowest BCUT2D eigenvalue weighted by molar-refractivity contribution is -0.110. The second-order valence-electron chi connectivity index (χ2n) is 6.32. The van der Waals surface area contributed by atoms with Crippen LogP contribution in [0.1, 0.15) is 11.1 Å². The number of amides is 2. The minimum atomic E-state index is -0.690. The zero-order valence-corrected chi connectivity index (χ0v) is 20.8. The molecule has 0 atom stereocenters. The fraction of sp³-hybridized carbons (Fsp3) is 0.200. The van der Waals surface area contributed by atoms with Crippen LogP contribution in [0.2, 0.25) is 0 Å². The van der Waals surface area contributed by atoms with Crippen molar-refractivity contribution >= 4 is 83.8 Å². The van der Waals surface area contributed by atoms with Gasteiger partial charge < -0.3 is 25.2 Å². The number of aliphatic hydroxyl groups is 2. The Kier molecular flexibility index (Phi) is 7.91. The third-order valence-electron chi connectivity index (χ3n) is 4.28. The number of fused-ring (bicyclic) bond motifs is 1. The molecule has 0 unspecified atom stereocenters. The van der Waals surface area contributed by atoms with Gasteiger partial charge in [-0.25, -0.2) is 4.79 Å². The topological polar surface area (TPSA) is 99.1 Å². The lowest BCUT2D eigenvalue weighted by Crippen LogP contribution is -2.38. The zero-order valence-electron chi connectivity index (χ0n) is 15.5. The predicted octanol–water partition coefficient (Wildman–Crippen LogP) is 4.09. The summed E-state index contributed by atoms with van der Waals surface area (Å²) in [7, 11) is 0. The van der Waals surface area contributed by atoms with E-state index in [2.05, 4.69) is 59.8 Å². The van der Waals surface area contributed by atoms with Crippen LogP contribution >= 0.6 is 54.5 Å². The smallest absolute Gasteiger partial charge is 0.408 e. The van der Waals surface area contributed by atoms with Gasteiger partial charge >= 0.3 is 6.09 Å². The molecular weight excluding hydrogens is 635 g/mol. The number of ether oxygens (including phenoxy) is 1. The van der Waals surface area contributed by atoms with Crippen LogP contribution in [0.25, 0.3) is 11.6 Å². The Morgan fingerprint density at radius 3 is 2.37 bits per heavy atom. The van der Waals surface area contributed by atoms with Crippen molar-refractivity contribution in [2.75, 3.05) is 31.6 Å². The van der Waals surface area contributed by atoms with Crippen molar-refractivity contribution in [2.45, 2.75) is 0 Å². The average Bonchev–Trinajstić information content (AvgIpc) is 2.99. The minimum absolute atomic E-state index is 0.0478. The highest BCUT2D eigenvalue weighted by Gasteiger charge is 2.25. The quantitative estimate of drug-likeness (QED) is 0.323. The number of anilines is 1. The fourth-order valence-electron chi connectivity index (χ4n) is 2.92. The number of carbonyl (C=O) groups is 2. The molecule has 1 heterocycles. The molecule has 0 saturated heterocycles. The van der Waals surface area contributed by atoms with Crippen LogP contribution in [-0.2, 0) is 4.79 Å². The molecule has 0 aromatic heterocycles. The SMILES string of the molecule is O=C1Nc2ccc(I)cc2C1=Cc1cc(Br)c(OC(=O)N(CCO)CCO)c(Br)c1. The number of rotatable bonds is 6. The Hall–Kier alpha value is -1.47. The lowest BCUT2D eigenvalue weighted by atomic mass is 10.0. The van der Waals surface area contributed by atoms with Gasteiger partial charge in [-0.15, -0.1) is 0 Å². The van der Waals surface area contributed by atoms with Crippen molar-refractivity contribution in [2.24, 2.45) is 0 Å². The summed E-state index contributed by atoms with van der Waals surface area (Å²) >= 11 is 9.01. The highest BCUT2D eigenvalue weighted by Crippen LogP contribution is 2.38. The maximum absolute atomic E-state index is 12.4. The van der Waals surface area contributed by atoms with Gasteiger partial charge in [-0.1, -0.05) is 0 Å². The number of halogens is 3. The molecule has 3 rings (SSSR count). The molecule has 0 radical (unpaired) electrons. The molecule has 10 heteroatoms. The largest absolute Gasteiger partial charge is 0.415 e. The van der Waals surface area contributed by atoms with E-state index in [1.807, 2.05) is 18.2 Å². The summed E-state index contributed by atoms with van der Waals surface area (Å²) < 4.78 is 7.46. The summed E-state index contributed by atoms with van der Waals surface area (Å²) in [5.41, 5.74) is 2.87. The van der Waals surface area contributed by atoms with Crippen LogP contribution in [0.4, 0.5) is 10.5 Å². The van der Waals surface area contributed by atoms with Gasteiger partial charge in [0.15, 0.2) is 5.75 Å². The van der Waals surface area contributed by atoms with E-state index < -0.39 is 6.09 Å². The third-order valence-corrected chi connectivity index (χ3v) is 6.13. The van der Waals surface area contributed by atoms with Gasteiger partial charge in [0.25, 0.3) is 5.91 Å².